The standard InChI is InChI=1S/C21H28ClN5O2/c1-13-17(10-24-21(28)19-5-4-8-29-19)16-6-7-27(11-15(16)9-23-13)12-18-14(2)25-26(3)20(18)22/h9,19H,4-8,10-12H2,1-3H3,(H,24,28). The van der Waals surface area contributed by atoms with Crippen molar-refractivity contribution in [3.63, 3.8) is 0 Å². The average molecular weight is 418 g/mol. The van der Waals surface area contributed by atoms with Crippen molar-refractivity contribution in [3.05, 3.63) is 45.0 Å². The maximum atomic E-state index is 12.3. The largest absolute Gasteiger partial charge is 0.368 e. The van der Waals surface area contributed by atoms with Crippen LogP contribution in [0.1, 0.15) is 46.5 Å². The molecule has 2 aromatic heterocycles. The Morgan fingerprint density at radius 2 is 2.17 bits per heavy atom. The Balaban J connectivity index is 1.46. The fourth-order valence-corrected chi connectivity index (χ4v) is 4.54. The maximum absolute atomic E-state index is 12.3. The number of nitrogens with zero attached hydrogens (tertiary/aromatic N) is 4. The van der Waals surface area contributed by atoms with Crippen LogP contribution in [0.4, 0.5) is 0 Å². The van der Waals surface area contributed by atoms with Crippen molar-refractivity contribution in [1.82, 2.24) is 25.0 Å². The average Bonchev–Trinajstić information content (AvgIpc) is 3.32. The zero-order valence-corrected chi connectivity index (χ0v) is 18.1. The summed E-state index contributed by atoms with van der Waals surface area (Å²) in [6.07, 6.45) is 4.36. The van der Waals surface area contributed by atoms with Crippen LogP contribution >= 0.6 is 11.6 Å². The number of aryl methyl sites for hydroxylation is 3. The first-order valence-electron chi connectivity index (χ1n) is 10.2. The molecule has 0 aromatic carbocycles. The molecule has 156 valence electrons. The van der Waals surface area contributed by atoms with Crippen LogP contribution in [0.5, 0.6) is 0 Å². The molecule has 4 rings (SSSR count). The molecule has 8 heteroatoms. The predicted octanol–water partition coefficient (Wildman–Crippen LogP) is 2.44. The Hall–Kier alpha value is -1.96. The third-order valence-electron chi connectivity index (χ3n) is 5.99. The van der Waals surface area contributed by atoms with Crippen molar-refractivity contribution in [1.29, 1.82) is 0 Å². The predicted molar refractivity (Wildman–Crippen MR) is 111 cm³/mol. The van der Waals surface area contributed by atoms with Crippen LogP contribution in [0, 0.1) is 13.8 Å². The van der Waals surface area contributed by atoms with Gasteiger partial charge in [-0.2, -0.15) is 5.10 Å². The lowest BCUT2D eigenvalue weighted by Crippen LogP contribution is -2.35. The fourth-order valence-electron chi connectivity index (χ4n) is 4.30. The fraction of sp³-hybridized carbons (Fsp3) is 0.571. The molecule has 7 nitrogen and oxygen atoms in total. The van der Waals surface area contributed by atoms with E-state index in [1.165, 1.54) is 11.1 Å². The van der Waals surface area contributed by atoms with Gasteiger partial charge in [0, 0.05) is 57.3 Å². The lowest BCUT2D eigenvalue weighted by molar-refractivity contribution is -0.130. The van der Waals surface area contributed by atoms with Crippen LogP contribution in [0.3, 0.4) is 0 Å². The van der Waals surface area contributed by atoms with Crippen molar-refractivity contribution in [3.8, 4) is 0 Å². The molecular formula is C21H28ClN5O2. The van der Waals surface area contributed by atoms with E-state index in [-0.39, 0.29) is 12.0 Å². The van der Waals surface area contributed by atoms with Gasteiger partial charge in [-0.05, 0) is 49.8 Å². The summed E-state index contributed by atoms with van der Waals surface area (Å²) in [7, 11) is 1.87. The third kappa shape index (κ3) is 4.17. The smallest absolute Gasteiger partial charge is 0.249 e. The first kappa shape index (κ1) is 20.3. The zero-order valence-electron chi connectivity index (χ0n) is 17.3. The van der Waals surface area contributed by atoms with Gasteiger partial charge < -0.3 is 10.1 Å². The normalized spacial score (nSPS) is 19.4. The Labute approximate surface area is 176 Å². The van der Waals surface area contributed by atoms with E-state index in [2.05, 4.69) is 20.3 Å². The Bertz CT molecular complexity index is 920. The first-order chi connectivity index (χ1) is 13.9. The summed E-state index contributed by atoms with van der Waals surface area (Å²) in [5.74, 6) is -0.0152. The monoisotopic (exact) mass is 417 g/mol. The van der Waals surface area contributed by atoms with Crippen molar-refractivity contribution in [2.75, 3.05) is 13.2 Å². The summed E-state index contributed by atoms with van der Waals surface area (Å²) >= 11 is 6.42. The molecule has 2 aliphatic rings. The van der Waals surface area contributed by atoms with E-state index in [9.17, 15) is 4.79 Å². The highest BCUT2D eigenvalue weighted by molar-refractivity contribution is 6.30. The highest BCUT2D eigenvalue weighted by Gasteiger charge is 2.26. The molecule has 0 saturated carbocycles. The summed E-state index contributed by atoms with van der Waals surface area (Å²) in [5, 5.41) is 8.17. The van der Waals surface area contributed by atoms with Crippen LogP contribution in [0.2, 0.25) is 5.15 Å². The number of nitrogens with one attached hydrogen (secondary N) is 1. The molecule has 1 atom stereocenters. The SMILES string of the molecule is Cc1ncc2c(c1CNC(=O)C1CCCO1)CCN(Cc1c(C)nn(C)c1Cl)C2. The summed E-state index contributed by atoms with van der Waals surface area (Å²) in [5.41, 5.74) is 6.72. The summed E-state index contributed by atoms with van der Waals surface area (Å²) in [6.45, 7) is 7.73. The quantitative estimate of drug-likeness (QED) is 0.808. The van der Waals surface area contributed by atoms with Gasteiger partial charge in [-0.1, -0.05) is 11.6 Å². The minimum atomic E-state index is -0.300. The van der Waals surface area contributed by atoms with E-state index < -0.39 is 0 Å². The second kappa shape index (κ2) is 8.42. The number of pyridine rings is 1. The number of halogens is 1. The number of ether oxygens (including phenoxy) is 1. The second-order valence-corrected chi connectivity index (χ2v) is 8.34. The van der Waals surface area contributed by atoms with Crippen LogP contribution < -0.4 is 5.32 Å². The molecule has 0 radical (unpaired) electrons. The lowest BCUT2D eigenvalue weighted by Gasteiger charge is -2.30. The van der Waals surface area contributed by atoms with Gasteiger partial charge in [0.05, 0.1) is 5.69 Å². The molecule has 0 bridgehead atoms. The second-order valence-electron chi connectivity index (χ2n) is 7.98. The minimum absolute atomic E-state index is 0.0152. The van der Waals surface area contributed by atoms with Crippen molar-refractivity contribution in [2.24, 2.45) is 7.05 Å². The van der Waals surface area contributed by atoms with E-state index in [0.717, 1.165) is 61.4 Å². The van der Waals surface area contributed by atoms with Gasteiger partial charge in [-0.25, -0.2) is 0 Å². The number of hydrogen-bond donors (Lipinski definition) is 1. The van der Waals surface area contributed by atoms with E-state index in [0.29, 0.717) is 18.3 Å². The number of carbonyl (C=O) groups excluding carboxylic acids is 1. The maximum Gasteiger partial charge on any atom is 0.249 e. The number of fused-ring (bicyclic) bond motifs is 1. The molecule has 2 aromatic rings. The number of carbonyl (C=O) groups is 1. The van der Waals surface area contributed by atoms with E-state index in [1.54, 1.807) is 4.68 Å². The van der Waals surface area contributed by atoms with Gasteiger partial charge in [0.2, 0.25) is 5.91 Å². The van der Waals surface area contributed by atoms with Gasteiger partial charge in [0.1, 0.15) is 11.3 Å². The molecule has 1 fully saturated rings. The van der Waals surface area contributed by atoms with Gasteiger partial charge >= 0.3 is 0 Å². The van der Waals surface area contributed by atoms with Crippen LogP contribution in [0.25, 0.3) is 0 Å². The molecule has 0 aliphatic carbocycles. The number of amides is 1. The first-order valence-corrected chi connectivity index (χ1v) is 10.6. The molecule has 29 heavy (non-hydrogen) atoms. The molecule has 0 spiro atoms. The number of rotatable bonds is 5. The summed E-state index contributed by atoms with van der Waals surface area (Å²) < 4.78 is 7.21. The van der Waals surface area contributed by atoms with Crippen LogP contribution in [-0.4, -0.2) is 44.8 Å². The molecule has 1 amide bonds. The third-order valence-corrected chi connectivity index (χ3v) is 6.46. The molecule has 4 heterocycles. The summed E-state index contributed by atoms with van der Waals surface area (Å²) in [6, 6.07) is 0. The van der Waals surface area contributed by atoms with Gasteiger partial charge in [-0.15, -0.1) is 0 Å². The van der Waals surface area contributed by atoms with Crippen molar-refractivity contribution < 1.29 is 9.53 Å². The van der Waals surface area contributed by atoms with Crippen molar-refractivity contribution >= 4 is 17.5 Å². The van der Waals surface area contributed by atoms with E-state index in [1.807, 2.05) is 27.1 Å². The Morgan fingerprint density at radius 3 is 2.86 bits per heavy atom. The topological polar surface area (TPSA) is 72.3 Å². The zero-order chi connectivity index (χ0) is 20.5. The highest BCUT2D eigenvalue weighted by atomic mass is 35.5. The van der Waals surface area contributed by atoms with Gasteiger partial charge in [-0.3, -0.25) is 19.4 Å². The Kier molecular flexibility index (Phi) is 5.90. The van der Waals surface area contributed by atoms with Crippen LogP contribution in [-0.2, 0) is 42.6 Å². The number of aromatic nitrogens is 3. The Morgan fingerprint density at radius 1 is 1.34 bits per heavy atom. The molecular weight excluding hydrogens is 390 g/mol. The molecule has 1 N–H and O–H groups in total. The minimum Gasteiger partial charge on any atom is -0.368 e. The summed E-state index contributed by atoms with van der Waals surface area (Å²) in [4.78, 5) is 19.3. The number of hydrogen-bond acceptors (Lipinski definition) is 5. The lowest BCUT2D eigenvalue weighted by atomic mass is 9.94. The van der Waals surface area contributed by atoms with Crippen molar-refractivity contribution in [2.45, 2.75) is 58.8 Å². The van der Waals surface area contributed by atoms with E-state index in [4.69, 9.17) is 16.3 Å². The van der Waals surface area contributed by atoms with E-state index >= 15 is 0 Å². The molecule has 1 unspecified atom stereocenters. The highest BCUT2D eigenvalue weighted by Crippen LogP contribution is 2.27. The van der Waals surface area contributed by atoms with Gasteiger partial charge in [0.15, 0.2) is 0 Å². The molecule has 2 aliphatic heterocycles. The molecule has 1 saturated heterocycles. The van der Waals surface area contributed by atoms with Crippen LogP contribution in [0.15, 0.2) is 6.20 Å². The van der Waals surface area contributed by atoms with Gasteiger partial charge in [0.25, 0.3) is 0 Å².